The van der Waals surface area contributed by atoms with E-state index in [9.17, 15) is 0 Å². The van der Waals surface area contributed by atoms with Gasteiger partial charge < -0.3 is 9.84 Å². The highest BCUT2D eigenvalue weighted by Gasteiger charge is 2.12. The van der Waals surface area contributed by atoms with Crippen LogP contribution in [0.2, 0.25) is 0 Å². The van der Waals surface area contributed by atoms with Gasteiger partial charge >= 0.3 is 0 Å². The predicted octanol–water partition coefficient (Wildman–Crippen LogP) is 2.72. The van der Waals surface area contributed by atoms with Crippen LogP contribution in [0.5, 0.6) is 5.75 Å². The second kappa shape index (κ2) is 8.18. The highest BCUT2D eigenvalue weighted by atomic mass is 16.5. The molecule has 19 heavy (non-hydrogen) atoms. The molecule has 1 N–H and O–H groups in total. The summed E-state index contributed by atoms with van der Waals surface area (Å²) in [5.41, 5.74) is 1.14. The lowest BCUT2D eigenvalue weighted by Gasteiger charge is -2.30. The first-order valence-corrected chi connectivity index (χ1v) is 7.13. The van der Waals surface area contributed by atoms with Gasteiger partial charge in [-0.1, -0.05) is 12.1 Å². The summed E-state index contributed by atoms with van der Waals surface area (Å²) in [7, 11) is 0. The minimum atomic E-state index is 0.192. The van der Waals surface area contributed by atoms with E-state index in [1.54, 1.807) is 0 Å². The number of nitrogens with zero attached hydrogens (tertiary/aromatic N) is 1. The Kier molecular flexibility index (Phi) is 6.89. The van der Waals surface area contributed by atoms with E-state index in [0.29, 0.717) is 25.1 Å². The van der Waals surface area contributed by atoms with Crippen molar-refractivity contribution in [1.82, 2.24) is 4.90 Å². The molecule has 0 aromatic heterocycles. The van der Waals surface area contributed by atoms with Gasteiger partial charge in [-0.2, -0.15) is 0 Å². The number of ether oxygens (including phenoxy) is 1. The first-order chi connectivity index (χ1) is 9.04. The fraction of sp³-hybridized carbons (Fsp3) is 0.625. The molecule has 0 bridgehead atoms. The molecular weight excluding hydrogens is 238 g/mol. The highest BCUT2D eigenvalue weighted by molar-refractivity contribution is 5.27. The molecule has 0 aliphatic heterocycles. The standard InChI is InChI=1S/C16H27NO2/c1-13(2)17(14(3)4)10-12-19-16-7-5-15(6-8-16)9-11-18/h5-8,13-14,18H,9-12H2,1-4H3. The zero-order valence-corrected chi connectivity index (χ0v) is 12.6. The van der Waals surface area contributed by atoms with Gasteiger partial charge in [0.2, 0.25) is 0 Å². The number of rotatable bonds is 8. The summed E-state index contributed by atoms with van der Waals surface area (Å²) in [6, 6.07) is 9.04. The third-order valence-electron chi connectivity index (χ3n) is 3.27. The molecule has 0 saturated heterocycles. The molecule has 0 heterocycles. The summed E-state index contributed by atoms with van der Waals surface area (Å²) < 4.78 is 5.77. The maximum atomic E-state index is 8.86. The second-order valence-electron chi connectivity index (χ2n) is 5.39. The van der Waals surface area contributed by atoms with Gasteiger partial charge in [0.1, 0.15) is 12.4 Å². The minimum Gasteiger partial charge on any atom is -0.492 e. The Labute approximate surface area is 117 Å². The molecule has 1 rings (SSSR count). The average Bonchev–Trinajstić information content (AvgIpc) is 2.36. The van der Waals surface area contributed by atoms with Crippen LogP contribution in [0.25, 0.3) is 0 Å². The molecule has 0 spiro atoms. The normalized spacial score (nSPS) is 11.6. The number of benzene rings is 1. The molecule has 3 nitrogen and oxygen atoms in total. The molecule has 0 atom stereocenters. The Bertz CT molecular complexity index is 338. The number of aliphatic hydroxyl groups is 1. The van der Waals surface area contributed by atoms with Crippen molar-refractivity contribution in [3.63, 3.8) is 0 Å². The summed E-state index contributed by atoms with van der Waals surface area (Å²) in [5, 5.41) is 8.86. The highest BCUT2D eigenvalue weighted by Crippen LogP contribution is 2.13. The van der Waals surface area contributed by atoms with Crippen LogP contribution in [0.3, 0.4) is 0 Å². The van der Waals surface area contributed by atoms with Crippen molar-refractivity contribution >= 4 is 0 Å². The summed E-state index contributed by atoms with van der Waals surface area (Å²) in [5.74, 6) is 0.897. The zero-order chi connectivity index (χ0) is 14.3. The van der Waals surface area contributed by atoms with E-state index < -0.39 is 0 Å². The summed E-state index contributed by atoms with van der Waals surface area (Å²) in [6.45, 7) is 10.7. The SMILES string of the molecule is CC(C)N(CCOc1ccc(CCO)cc1)C(C)C. The zero-order valence-electron chi connectivity index (χ0n) is 12.6. The molecule has 0 fully saturated rings. The van der Waals surface area contributed by atoms with Gasteiger partial charge in [0.15, 0.2) is 0 Å². The van der Waals surface area contributed by atoms with Crippen LogP contribution < -0.4 is 4.74 Å². The second-order valence-corrected chi connectivity index (χ2v) is 5.39. The topological polar surface area (TPSA) is 32.7 Å². The monoisotopic (exact) mass is 265 g/mol. The van der Waals surface area contributed by atoms with E-state index in [-0.39, 0.29) is 6.61 Å². The maximum absolute atomic E-state index is 8.86. The van der Waals surface area contributed by atoms with E-state index in [0.717, 1.165) is 17.9 Å². The lowest BCUT2D eigenvalue weighted by Crippen LogP contribution is -2.39. The van der Waals surface area contributed by atoms with Gasteiger partial charge in [-0.3, -0.25) is 4.90 Å². The van der Waals surface area contributed by atoms with Crippen LogP contribution in [-0.2, 0) is 6.42 Å². The van der Waals surface area contributed by atoms with Gasteiger partial charge in [0, 0.05) is 25.2 Å². The van der Waals surface area contributed by atoms with Crippen molar-refractivity contribution in [2.75, 3.05) is 19.8 Å². The molecule has 1 aromatic rings. The maximum Gasteiger partial charge on any atom is 0.119 e. The third-order valence-corrected chi connectivity index (χ3v) is 3.27. The van der Waals surface area contributed by atoms with E-state index in [1.807, 2.05) is 24.3 Å². The first-order valence-electron chi connectivity index (χ1n) is 7.13. The van der Waals surface area contributed by atoms with Crippen molar-refractivity contribution in [1.29, 1.82) is 0 Å². The first kappa shape index (κ1) is 16.0. The molecule has 0 aliphatic carbocycles. The fourth-order valence-electron chi connectivity index (χ4n) is 2.26. The molecule has 0 amide bonds. The lowest BCUT2D eigenvalue weighted by molar-refractivity contribution is 0.142. The lowest BCUT2D eigenvalue weighted by atomic mass is 10.1. The molecule has 3 heteroatoms. The van der Waals surface area contributed by atoms with Crippen LogP contribution >= 0.6 is 0 Å². The minimum absolute atomic E-state index is 0.192. The van der Waals surface area contributed by atoms with Crippen LogP contribution in [0, 0.1) is 0 Å². The molecule has 0 unspecified atom stereocenters. The number of hydrogen-bond donors (Lipinski definition) is 1. The molecule has 108 valence electrons. The third kappa shape index (κ3) is 5.62. The Hall–Kier alpha value is -1.06. The summed E-state index contributed by atoms with van der Waals surface area (Å²) >= 11 is 0. The van der Waals surface area contributed by atoms with Crippen LogP contribution in [-0.4, -0.2) is 41.8 Å². The number of aliphatic hydroxyl groups excluding tert-OH is 1. The van der Waals surface area contributed by atoms with Crippen molar-refractivity contribution in [2.24, 2.45) is 0 Å². The summed E-state index contributed by atoms with van der Waals surface area (Å²) in [4.78, 5) is 2.42. The van der Waals surface area contributed by atoms with E-state index >= 15 is 0 Å². The Morgan fingerprint density at radius 2 is 1.63 bits per heavy atom. The van der Waals surface area contributed by atoms with Gasteiger partial charge in [-0.05, 0) is 51.8 Å². The average molecular weight is 265 g/mol. The molecule has 0 aliphatic rings. The fourth-order valence-corrected chi connectivity index (χ4v) is 2.26. The van der Waals surface area contributed by atoms with Crippen molar-refractivity contribution < 1.29 is 9.84 Å². The summed E-state index contributed by atoms with van der Waals surface area (Å²) in [6.07, 6.45) is 0.703. The van der Waals surface area contributed by atoms with Gasteiger partial charge in [-0.25, -0.2) is 0 Å². The van der Waals surface area contributed by atoms with Gasteiger partial charge in [0.25, 0.3) is 0 Å². The van der Waals surface area contributed by atoms with E-state index in [1.165, 1.54) is 0 Å². The van der Waals surface area contributed by atoms with Gasteiger partial charge in [-0.15, -0.1) is 0 Å². The Morgan fingerprint density at radius 3 is 2.11 bits per heavy atom. The van der Waals surface area contributed by atoms with Crippen LogP contribution in [0.15, 0.2) is 24.3 Å². The Morgan fingerprint density at radius 1 is 1.05 bits per heavy atom. The quantitative estimate of drug-likeness (QED) is 0.784. The van der Waals surface area contributed by atoms with Crippen molar-refractivity contribution in [2.45, 2.75) is 46.2 Å². The Balaban J connectivity index is 2.39. The smallest absolute Gasteiger partial charge is 0.119 e. The van der Waals surface area contributed by atoms with Crippen LogP contribution in [0.4, 0.5) is 0 Å². The molecular formula is C16H27NO2. The number of hydrogen-bond acceptors (Lipinski definition) is 3. The van der Waals surface area contributed by atoms with E-state index in [4.69, 9.17) is 9.84 Å². The van der Waals surface area contributed by atoms with Crippen molar-refractivity contribution in [3.8, 4) is 5.75 Å². The van der Waals surface area contributed by atoms with Gasteiger partial charge in [0.05, 0.1) is 0 Å². The van der Waals surface area contributed by atoms with E-state index in [2.05, 4.69) is 32.6 Å². The van der Waals surface area contributed by atoms with Crippen LogP contribution in [0.1, 0.15) is 33.3 Å². The predicted molar refractivity (Wildman–Crippen MR) is 79.7 cm³/mol. The largest absolute Gasteiger partial charge is 0.492 e. The molecule has 0 radical (unpaired) electrons. The molecule has 1 aromatic carbocycles. The van der Waals surface area contributed by atoms with Crippen molar-refractivity contribution in [3.05, 3.63) is 29.8 Å². The molecule has 0 saturated carbocycles.